The van der Waals surface area contributed by atoms with Gasteiger partial charge in [0, 0.05) is 28.6 Å². The van der Waals surface area contributed by atoms with E-state index in [9.17, 15) is 0 Å². The Labute approximate surface area is 117 Å². The van der Waals surface area contributed by atoms with E-state index in [-0.39, 0.29) is 0 Å². The minimum absolute atomic E-state index is 0.537. The van der Waals surface area contributed by atoms with Gasteiger partial charge in [-0.05, 0) is 26.5 Å². The summed E-state index contributed by atoms with van der Waals surface area (Å²) in [5.74, 6) is 2.19. The van der Waals surface area contributed by atoms with Gasteiger partial charge in [-0.15, -0.1) is 0 Å². The van der Waals surface area contributed by atoms with E-state index in [0.29, 0.717) is 13.0 Å². The van der Waals surface area contributed by atoms with Crippen LogP contribution in [0.4, 0.5) is 0 Å². The van der Waals surface area contributed by atoms with Crippen LogP contribution in [0.1, 0.15) is 17.3 Å². The monoisotopic (exact) mass is 267 g/mol. The van der Waals surface area contributed by atoms with Crippen molar-refractivity contribution in [1.82, 2.24) is 19.9 Å². The molecule has 0 aliphatic carbocycles. The quantitative estimate of drug-likeness (QED) is 0.762. The number of aromatic amines is 1. The molecule has 0 radical (unpaired) electrons. The molecule has 0 unspecified atom stereocenters. The molecule has 20 heavy (non-hydrogen) atoms. The molecule has 0 bridgehead atoms. The SMILES string of the molecule is Cc1nc(CCN)nc(-c2c(C)[nH]c3ccccc23)n1. The molecule has 0 aliphatic rings. The molecule has 0 saturated carbocycles. The zero-order valence-electron chi connectivity index (χ0n) is 11.6. The number of aromatic nitrogens is 4. The van der Waals surface area contributed by atoms with Gasteiger partial charge in [0.25, 0.3) is 0 Å². The second-order valence-electron chi connectivity index (χ2n) is 4.83. The van der Waals surface area contributed by atoms with E-state index in [1.165, 1.54) is 0 Å². The Balaban J connectivity index is 2.22. The molecule has 3 aromatic rings. The van der Waals surface area contributed by atoms with Gasteiger partial charge in [0.05, 0.1) is 0 Å². The Kier molecular flexibility index (Phi) is 3.20. The van der Waals surface area contributed by atoms with Crippen molar-refractivity contribution in [3.05, 3.63) is 41.6 Å². The molecule has 5 heteroatoms. The van der Waals surface area contributed by atoms with E-state index in [1.54, 1.807) is 0 Å². The van der Waals surface area contributed by atoms with Crippen LogP contribution in [0, 0.1) is 13.8 Å². The smallest absolute Gasteiger partial charge is 0.165 e. The number of hydrogen-bond donors (Lipinski definition) is 2. The minimum atomic E-state index is 0.537. The number of H-pyrrole nitrogens is 1. The van der Waals surface area contributed by atoms with Gasteiger partial charge in [-0.3, -0.25) is 0 Å². The number of nitrogens with one attached hydrogen (secondary N) is 1. The van der Waals surface area contributed by atoms with Gasteiger partial charge in [-0.25, -0.2) is 15.0 Å². The molecule has 1 aromatic carbocycles. The molecule has 0 atom stereocenters. The highest BCUT2D eigenvalue weighted by atomic mass is 15.0. The van der Waals surface area contributed by atoms with Gasteiger partial charge in [-0.2, -0.15) is 0 Å². The second-order valence-corrected chi connectivity index (χ2v) is 4.83. The van der Waals surface area contributed by atoms with Crippen LogP contribution >= 0.6 is 0 Å². The summed E-state index contributed by atoms with van der Waals surface area (Å²) in [6.45, 7) is 4.46. The van der Waals surface area contributed by atoms with Crippen molar-refractivity contribution >= 4 is 10.9 Å². The third-order valence-corrected chi connectivity index (χ3v) is 3.28. The largest absolute Gasteiger partial charge is 0.358 e. The van der Waals surface area contributed by atoms with Crippen LogP contribution in [0.2, 0.25) is 0 Å². The molecule has 5 nitrogen and oxygen atoms in total. The third kappa shape index (κ3) is 2.16. The fraction of sp³-hybridized carbons (Fsp3) is 0.267. The first-order chi connectivity index (χ1) is 9.69. The topological polar surface area (TPSA) is 80.5 Å². The molecule has 0 spiro atoms. The van der Waals surface area contributed by atoms with Gasteiger partial charge in [-0.1, -0.05) is 18.2 Å². The fourth-order valence-electron chi connectivity index (χ4n) is 2.45. The second kappa shape index (κ2) is 5.02. The lowest BCUT2D eigenvalue weighted by molar-refractivity contribution is 0.827. The number of para-hydroxylation sites is 1. The lowest BCUT2D eigenvalue weighted by atomic mass is 10.1. The Hall–Kier alpha value is -2.27. The van der Waals surface area contributed by atoms with E-state index < -0.39 is 0 Å². The zero-order valence-corrected chi connectivity index (χ0v) is 11.6. The molecule has 0 fully saturated rings. The summed E-state index contributed by atoms with van der Waals surface area (Å²) >= 11 is 0. The van der Waals surface area contributed by atoms with Gasteiger partial charge in [0.1, 0.15) is 11.6 Å². The Morgan fingerprint density at radius 2 is 1.90 bits per heavy atom. The highest BCUT2D eigenvalue weighted by Crippen LogP contribution is 2.29. The van der Waals surface area contributed by atoms with E-state index in [0.717, 1.165) is 39.6 Å². The number of aryl methyl sites for hydroxylation is 2. The summed E-state index contributed by atoms with van der Waals surface area (Å²) in [7, 11) is 0. The van der Waals surface area contributed by atoms with Gasteiger partial charge in [0.2, 0.25) is 0 Å². The first-order valence-corrected chi connectivity index (χ1v) is 6.68. The standard InChI is InChI=1S/C15H17N5/c1-9-14(11-5-3-4-6-12(11)17-9)15-19-10(2)18-13(20-15)7-8-16/h3-6,17H,7-8,16H2,1-2H3. The molecule has 0 saturated heterocycles. The number of nitrogens with zero attached hydrogens (tertiary/aromatic N) is 3. The van der Waals surface area contributed by atoms with Crippen molar-refractivity contribution in [2.45, 2.75) is 20.3 Å². The van der Waals surface area contributed by atoms with E-state index in [2.05, 4.69) is 32.1 Å². The number of hydrogen-bond acceptors (Lipinski definition) is 4. The summed E-state index contributed by atoms with van der Waals surface area (Å²) in [6, 6.07) is 8.17. The Morgan fingerprint density at radius 3 is 2.70 bits per heavy atom. The van der Waals surface area contributed by atoms with Crippen LogP contribution in [-0.4, -0.2) is 26.5 Å². The summed E-state index contributed by atoms with van der Waals surface area (Å²) in [6.07, 6.45) is 0.664. The van der Waals surface area contributed by atoms with Crippen LogP contribution in [0.5, 0.6) is 0 Å². The molecule has 3 N–H and O–H groups in total. The molecule has 2 aromatic heterocycles. The van der Waals surface area contributed by atoms with Gasteiger partial charge in [0.15, 0.2) is 5.82 Å². The average Bonchev–Trinajstić information content (AvgIpc) is 2.74. The maximum atomic E-state index is 5.59. The lowest BCUT2D eigenvalue weighted by Gasteiger charge is -2.05. The van der Waals surface area contributed by atoms with Crippen molar-refractivity contribution in [1.29, 1.82) is 0 Å². The zero-order chi connectivity index (χ0) is 14.1. The molecule has 3 rings (SSSR count). The van der Waals surface area contributed by atoms with Crippen molar-refractivity contribution in [2.75, 3.05) is 6.54 Å². The van der Waals surface area contributed by atoms with Gasteiger partial charge < -0.3 is 10.7 Å². The number of fused-ring (bicyclic) bond motifs is 1. The van der Waals surface area contributed by atoms with Crippen molar-refractivity contribution in [3.63, 3.8) is 0 Å². The van der Waals surface area contributed by atoms with Crippen LogP contribution < -0.4 is 5.73 Å². The Bertz CT molecular complexity index is 760. The van der Waals surface area contributed by atoms with Crippen molar-refractivity contribution < 1.29 is 0 Å². The van der Waals surface area contributed by atoms with Gasteiger partial charge >= 0.3 is 0 Å². The number of rotatable bonds is 3. The van der Waals surface area contributed by atoms with Crippen LogP contribution in [-0.2, 0) is 6.42 Å². The van der Waals surface area contributed by atoms with Crippen LogP contribution in [0.3, 0.4) is 0 Å². The number of nitrogens with two attached hydrogens (primary N) is 1. The minimum Gasteiger partial charge on any atom is -0.358 e. The average molecular weight is 267 g/mol. The highest BCUT2D eigenvalue weighted by Gasteiger charge is 2.14. The van der Waals surface area contributed by atoms with Crippen LogP contribution in [0.25, 0.3) is 22.3 Å². The molecule has 2 heterocycles. The third-order valence-electron chi connectivity index (χ3n) is 3.28. The van der Waals surface area contributed by atoms with E-state index in [1.807, 2.05) is 26.0 Å². The Morgan fingerprint density at radius 1 is 1.10 bits per heavy atom. The van der Waals surface area contributed by atoms with Crippen molar-refractivity contribution in [3.8, 4) is 11.4 Å². The fourth-order valence-corrected chi connectivity index (χ4v) is 2.45. The van der Waals surface area contributed by atoms with Crippen LogP contribution in [0.15, 0.2) is 24.3 Å². The lowest BCUT2D eigenvalue weighted by Crippen LogP contribution is -2.09. The predicted molar refractivity (Wildman–Crippen MR) is 79.4 cm³/mol. The summed E-state index contributed by atoms with van der Waals surface area (Å²) < 4.78 is 0. The predicted octanol–water partition coefficient (Wildman–Crippen LogP) is 2.14. The summed E-state index contributed by atoms with van der Waals surface area (Å²) in [5, 5.41) is 1.13. The molecule has 102 valence electrons. The molecular formula is C15H17N5. The van der Waals surface area contributed by atoms with Crippen molar-refractivity contribution in [2.24, 2.45) is 5.73 Å². The first-order valence-electron chi connectivity index (χ1n) is 6.68. The number of benzene rings is 1. The maximum absolute atomic E-state index is 5.59. The molecule has 0 aliphatic heterocycles. The summed E-state index contributed by atoms with van der Waals surface area (Å²) in [5.41, 5.74) is 8.80. The molecule has 0 amide bonds. The summed E-state index contributed by atoms with van der Waals surface area (Å²) in [4.78, 5) is 16.7. The molecular weight excluding hydrogens is 250 g/mol. The normalized spacial score (nSPS) is 11.2. The maximum Gasteiger partial charge on any atom is 0.165 e. The van der Waals surface area contributed by atoms with E-state index in [4.69, 9.17) is 5.73 Å². The van der Waals surface area contributed by atoms with E-state index >= 15 is 0 Å². The highest BCUT2D eigenvalue weighted by molar-refractivity contribution is 5.95. The first kappa shape index (κ1) is 12.7.